The van der Waals surface area contributed by atoms with E-state index in [1.165, 1.54) is 0 Å². The van der Waals surface area contributed by atoms with Crippen LogP contribution in [-0.2, 0) is 9.47 Å². The van der Waals surface area contributed by atoms with Gasteiger partial charge < -0.3 is 9.47 Å². The minimum absolute atomic E-state index is 0.106. The smallest absolute Gasteiger partial charge is 0.295 e. The molecule has 2 aliphatic heterocycles. The van der Waals surface area contributed by atoms with E-state index < -0.39 is 0 Å². The number of nitrogens with zero attached hydrogens (tertiary/aromatic N) is 3. The van der Waals surface area contributed by atoms with Crippen molar-refractivity contribution < 1.29 is 9.47 Å². The molecule has 0 aromatic heterocycles. The molecular weight excluding hydrogens is 254 g/mol. The number of hydrogen-bond acceptors (Lipinski definition) is 5. The van der Waals surface area contributed by atoms with Crippen molar-refractivity contribution in [2.45, 2.75) is 53.6 Å². The van der Waals surface area contributed by atoms with Crippen LogP contribution >= 0.6 is 0 Å². The van der Waals surface area contributed by atoms with Gasteiger partial charge in [0, 0.05) is 7.05 Å². The van der Waals surface area contributed by atoms with Crippen molar-refractivity contribution in [3.05, 3.63) is 0 Å². The molecule has 0 saturated carbocycles. The SMILES string of the molecule is CN(C1=NC(C(C)(C)C)CO1)C1=NC(C(C)(C)C)CO1. The molecule has 2 rings (SSSR count). The normalized spacial score (nSPS) is 26.8. The Morgan fingerprint density at radius 2 is 1.20 bits per heavy atom. The Morgan fingerprint density at radius 1 is 0.850 bits per heavy atom. The predicted molar refractivity (Wildman–Crippen MR) is 81.0 cm³/mol. The van der Waals surface area contributed by atoms with Gasteiger partial charge in [-0.05, 0) is 10.8 Å². The van der Waals surface area contributed by atoms with E-state index in [0.717, 1.165) is 0 Å². The number of ether oxygens (including phenoxy) is 2. The van der Waals surface area contributed by atoms with Gasteiger partial charge in [-0.25, -0.2) is 9.98 Å². The lowest BCUT2D eigenvalue weighted by Gasteiger charge is -2.21. The monoisotopic (exact) mass is 281 g/mol. The van der Waals surface area contributed by atoms with Crippen LogP contribution < -0.4 is 0 Å². The van der Waals surface area contributed by atoms with Gasteiger partial charge in [0.15, 0.2) is 0 Å². The fraction of sp³-hybridized carbons (Fsp3) is 0.867. The van der Waals surface area contributed by atoms with Crippen LogP contribution in [0.3, 0.4) is 0 Å². The van der Waals surface area contributed by atoms with Crippen molar-refractivity contribution in [3.63, 3.8) is 0 Å². The number of hydrogen-bond donors (Lipinski definition) is 0. The first kappa shape index (κ1) is 15.1. The molecule has 0 bridgehead atoms. The molecule has 2 atom stereocenters. The van der Waals surface area contributed by atoms with Crippen LogP contribution in [0.4, 0.5) is 0 Å². The molecule has 114 valence electrons. The Labute approximate surface area is 122 Å². The minimum Gasteiger partial charge on any atom is -0.463 e. The van der Waals surface area contributed by atoms with Crippen molar-refractivity contribution >= 4 is 12.0 Å². The van der Waals surface area contributed by atoms with E-state index in [1.807, 2.05) is 11.9 Å². The van der Waals surface area contributed by atoms with Crippen molar-refractivity contribution in [2.24, 2.45) is 20.8 Å². The van der Waals surface area contributed by atoms with Crippen LogP contribution in [-0.4, -0.2) is 49.3 Å². The molecule has 2 heterocycles. The van der Waals surface area contributed by atoms with Gasteiger partial charge in [0.05, 0.1) is 12.1 Å². The minimum atomic E-state index is 0.106. The van der Waals surface area contributed by atoms with Crippen LogP contribution in [0, 0.1) is 10.8 Å². The zero-order valence-corrected chi connectivity index (χ0v) is 13.7. The van der Waals surface area contributed by atoms with Crippen LogP contribution in [0.2, 0.25) is 0 Å². The quantitative estimate of drug-likeness (QED) is 0.685. The molecule has 0 aromatic rings. The summed E-state index contributed by atoms with van der Waals surface area (Å²) in [6, 6.07) is 1.58. The van der Waals surface area contributed by atoms with Crippen LogP contribution in [0.5, 0.6) is 0 Å². The van der Waals surface area contributed by atoms with Gasteiger partial charge in [0.1, 0.15) is 13.2 Å². The molecule has 0 amide bonds. The summed E-state index contributed by atoms with van der Waals surface area (Å²) in [4.78, 5) is 11.1. The maximum atomic E-state index is 5.70. The largest absolute Gasteiger partial charge is 0.463 e. The Hall–Kier alpha value is -1.26. The fourth-order valence-corrected chi connectivity index (χ4v) is 2.06. The molecule has 2 unspecified atom stereocenters. The highest BCUT2D eigenvalue weighted by molar-refractivity contribution is 5.94. The Kier molecular flexibility index (Phi) is 3.73. The van der Waals surface area contributed by atoms with E-state index in [0.29, 0.717) is 25.3 Å². The molecule has 0 radical (unpaired) electrons. The Balaban J connectivity index is 2.08. The van der Waals surface area contributed by atoms with E-state index in [-0.39, 0.29) is 22.9 Å². The van der Waals surface area contributed by atoms with Crippen molar-refractivity contribution in [1.29, 1.82) is 0 Å². The third-order valence-corrected chi connectivity index (χ3v) is 3.85. The van der Waals surface area contributed by atoms with Gasteiger partial charge in [0.25, 0.3) is 12.0 Å². The van der Waals surface area contributed by atoms with E-state index in [4.69, 9.17) is 9.47 Å². The van der Waals surface area contributed by atoms with Gasteiger partial charge in [-0.1, -0.05) is 41.5 Å². The van der Waals surface area contributed by atoms with Crippen LogP contribution in [0.15, 0.2) is 9.98 Å². The van der Waals surface area contributed by atoms with Gasteiger partial charge in [-0.3, -0.25) is 4.90 Å². The van der Waals surface area contributed by atoms with Crippen molar-refractivity contribution in [3.8, 4) is 0 Å². The first-order chi connectivity index (χ1) is 9.09. The molecule has 0 spiro atoms. The van der Waals surface area contributed by atoms with Crippen LogP contribution in [0.25, 0.3) is 0 Å². The Morgan fingerprint density at radius 3 is 1.45 bits per heavy atom. The first-order valence-electron chi connectivity index (χ1n) is 7.24. The average Bonchev–Trinajstić information content (AvgIpc) is 2.96. The van der Waals surface area contributed by atoms with Gasteiger partial charge >= 0.3 is 0 Å². The van der Waals surface area contributed by atoms with E-state index in [1.54, 1.807) is 0 Å². The van der Waals surface area contributed by atoms with Gasteiger partial charge in [-0.15, -0.1) is 0 Å². The first-order valence-corrected chi connectivity index (χ1v) is 7.24. The summed E-state index contributed by atoms with van der Waals surface area (Å²) < 4.78 is 11.4. The van der Waals surface area contributed by atoms with Gasteiger partial charge in [-0.2, -0.15) is 0 Å². The zero-order chi connectivity index (χ0) is 15.1. The summed E-state index contributed by atoms with van der Waals surface area (Å²) in [5.41, 5.74) is 0.212. The topological polar surface area (TPSA) is 46.4 Å². The maximum Gasteiger partial charge on any atom is 0.295 e. The van der Waals surface area contributed by atoms with E-state index in [2.05, 4.69) is 51.5 Å². The third kappa shape index (κ3) is 3.07. The van der Waals surface area contributed by atoms with Crippen molar-refractivity contribution in [1.82, 2.24) is 4.90 Å². The summed E-state index contributed by atoms with van der Waals surface area (Å²) in [6.45, 7) is 14.3. The summed E-state index contributed by atoms with van der Waals surface area (Å²) in [6.07, 6.45) is 0. The lowest BCUT2D eigenvalue weighted by atomic mass is 9.88. The number of aliphatic imine (C=N–C) groups is 2. The highest BCUT2D eigenvalue weighted by Gasteiger charge is 2.36. The second-order valence-electron chi connectivity index (χ2n) is 7.77. The molecule has 5 heteroatoms. The second-order valence-corrected chi connectivity index (χ2v) is 7.77. The molecule has 0 fully saturated rings. The van der Waals surface area contributed by atoms with Crippen LogP contribution in [0.1, 0.15) is 41.5 Å². The summed E-state index contributed by atoms with van der Waals surface area (Å²) in [7, 11) is 1.90. The number of rotatable bonds is 0. The highest BCUT2D eigenvalue weighted by atomic mass is 16.5. The average molecular weight is 281 g/mol. The molecule has 0 N–H and O–H groups in total. The van der Waals surface area contributed by atoms with E-state index >= 15 is 0 Å². The lowest BCUT2D eigenvalue weighted by molar-refractivity contribution is 0.209. The molecule has 0 aliphatic carbocycles. The summed E-state index contributed by atoms with van der Waals surface area (Å²) >= 11 is 0. The van der Waals surface area contributed by atoms with Gasteiger partial charge in [0.2, 0.25) is 0 Å². The highest BCUT2D eigenvalue weighted by Crippen LogP contribution is 2.28. The van der Waals surface area contributed by atoms with E-state index in [9.17, 15) is 0 Å². The maximum absolute atomic E-state index is 5.70. The molecule has 0 aromatic carbocycles. The molecule has 20 heavy (non-hydrogen) atoms. The zero-order valence-electron chi connectivity index (χ0n) is 13.7. The molecule has 2 aliphatic rings. The molecular formula is C15H27N3O2. The summed E-state index contributed by atoms with van der Waals surface area (Å²) in [5, 5.41) is 0. The summed E-state index contributed by atoms with van der Waals surface area (Å²) in [5.74, 6) is 0. The number of amidine groups is 2. The second kappa shape index (κ2) is 4.93. The molecule has 0 saturated heterocycles. The fourth-order valence-electron chi connectivity index (χ4n) is 2.06. The molecule has 5 nitrogen and oxygen atoms in total. The standard InChI is InChI=1S/C15H27N3O2/c1-14(2,3)10-8-19-12(16-10)18(7)13-17-11(9-20-13)15(4,5)6/h10-11H,8-9H2,1-7H3. The third-order valence-electron chi connectivity index (χ3n) is 3.85. The lowest BCUT2D eigenvalue weighted by Crippen LogP contribution is -2.33. The Bertz CT molecular complexity index is 389. The van der Waals surface area contributed by atoms with Crippen molar-refractivity contribution in [2.75, 3.05) is 20.3 Å². The predicted octanol–water partition coefficient (Wildman–Crippen LogP) is 2.52.